The van der Waals surface area contributed by atoms with Crippen LogP contribution < -0.4 is 0 Å². The first-order chi connectivity index (χ1) is 11.1. The predicted molar refractivity (Wildman–Crippen MR) is 77.3 cm³/mol. The van der Waals surface area contributed by atoms with Crippen molar-refractivity contribution in [3.05, 3.63) is 47.9 Å². The van der Waals surface area contributed by atoms with Crippen molar-refractivity contribution in [1.82, 2.24) is 25.1 Å². The molecule has 0 atom stereocenters. The molecule has 0 fully saturated rings. The molecule has 3 heterocycles. The second-order valence-corrected chi connectivity index (χ2v) is 4.93. The molecule has 0 amide bonds. The molecule has 6 nitrogen and oxygen atoms in total. The van der Waals surface area contributed by atoms with Crippen LogP contribution in [0.25, 0.3) is 34.0 Å². The number of imidazole rings is 1. The third-order valence-electron chi connectivity index (χ3n) is 3.34. The van der Waals surface area contributed by atoms with Crippen LogP contribution in [-0.2, 0) is 0 Å². The molecule has 1 N–H and O–H groups in total. The number of nitrogens with one attached hydrogen (secondary N) is 1. The zero-order valence-electron chi connectivity index (χ0n) is 11.8. The van der Waals surface area contributed by atoms with Crippen molar-refractivity contribution in [1.29, 1.82) is 0 Å². The van der Waals surface area contributed by atoms with Gasteiger partial charge in [-0.25, -0.2) is 18.7 Å². The number of aryl methyl sites for hydroxylation is 1. The maximum absolute atomic E-state index is 13.8. The zero-order valence-corrected chi connectivity index (χ0v) is 11.8. The first-order valence-corrected chi connectivity index (χ1v) is 6.72. The van der Waals surface area contributed by atoms with E-state index in [-0.39, 0.29) is 17.3 Å². The van der Waals surface area contributed by atoms with Crippen molar-refractivity contribution >= 4 is 11.2 Å². The largest absolute Gasteiger partial charge is 0.340 e. The molecule has 0 spiro atoms. The number of halogens is 2. The number of aromatic nitrogens is 5. The maximum atomic E-state index is 13.8. The molecule has 0 saturated heterocycles. The summed E-state index contributed by atoms with van der Waals surface area (Å²) >= 11 is 0. The number of hydrogen-bond acceptors (Lipinski definition) is 5. The second-order valence-electron chi connectivity index (χ2n) is 4.93. The fourth-order valence-electron chi connectivity index (χ4n) is 2.32. The lowest BCUT2D eigenvalue weighted by Crippen LogP contribution is -1.88. The molecule has 1 aromatic carbocycles. The summed E-state index contributed by atoms with van der Waals surface area (Å²) in [4.78, 5) is 15.6. The topological polar surface area (TPSA) is 80.5 Å². The van der Waals surface area contributed by atoms with Crippen LogP contribution in [0.3, 0.4) is 0 Å². The van der Waals surface area contributed by atoms with Crippen LogP contribution in [0.15, 0.2) is 35.0 Å². The molecule has 8 heteroatoms. The number of rotatable bonds is 2. The Morgan fingerprint density at radius 2 is 1.96 bits per heavy atom. The minimum Gasteiger partial charge on any atom is -0.340 e. The molecular weight excluding hydrogens is 304 g/mol. The van der Waals surface area contributed by atoms with Crippen molar-refractivity contribution in [2.75, 3.05) is 0 Å². The Hall–Kier alpha value is -3.16. The van der Waals surface area contributed by atoms with Crippen molar-refractivity contribution in [2.24, 2.45) is 0 Å². The van der Waals surface area contributed by atoms with Crippen LogP contribution >= 0.6 is 0 Å². The fraction of sp³-hybridized carbons (Fsp3) is 0.0667. The highest BCUT2D eigenvalue weighted by atomic mass is 19.1. The van der Waals surface area contributed by atoms with Crippen LogP contribution in [0, 0.1) is 18.6 Å². The summed E-state index contributed by atoms with van der Waals surface area (Å²) in [5.41, 5.74) is 1.84. The van der Waals surface area contributed by atoms with Gasteiger partial charge in [-0.15, -0.1) is 0 Å². The third-order valence-corrected chi connectivity index (χ3v) is 3.34. The smallest absolute Gasteiger partial charge is 0.260 e. The van der Waals surface area contributed by atoms with Crippen LogP contribution in [0.4, 0.5) is 8.78 Å². The summed E-state index contributed by atoms with van der Waals surface area (Å²) in [6, 6.07) is 4.87. The molecule has 0 aliphatic rings. The Morgan fingerprint density at radius 3 is 2.78 bits per heavy atom. The normalized spacial score (nSPS) is 11.3. The predicted octanol–water partition coefficient (Wildman–Crippen LogP) is 3.26. The minimum atomic E-state index is -0.755. The lowest BCUT2D eigenvalue weighted by Gasteiger charge is -1.97. The maximum Gasteiger partial charge on any atom is 0.260 e. The summed E-state index contributed by atoms with van der Waals surface area (Å²) in [6.07, 6.45) is 1.57. The van der Waals surface area contributed by atoms with E-state index in [1.54, 1.807) is 19.2 Å². The van der Waals surface area contributed by atoms with Crippen molar-refractivity contribution in [2.45, 2.75) is 6.92 Å². The molecule has 4 aromatic rings. The van der Waals surface area contributed by atoms with Gasteiger partial charge >= 0.3 is 0 Å². The molecule has 0 aliphatic heterocycles. The van der Waals surface area contributed by atoms with Gasteiger partial charge in [0.1, 0.15) is 17.5 Å². The number of nitrogens with zero attached hydrogens (tertiary/aromatic N) is 4. The van der Waals surface area contributed by atoms with E-state index in [0.717, 1.165) is 12.1 Å². The van der Waals surface area contributed by atoms with E-state index in [9.17, 15) is 8.78 Å². The number of fused-ring (bicyclic) bond motifs is 1. The van der Waals surface area contributed by atoms with E-state index in [1.807, 2.05) is 0 Å². The van der Waals surface area contributed by atoms with Gasteiger partial charge in [-0.3, -0.25) is 0 Å². The lowest BCUT2D eigenvalue weighted by atomic mass is 10.2. The minimum absolute atomic E-state index is 0.0405. The van der Waals surface area contributed by atoms with Crippen LogP contribution in [-0.4, -0.2) is 25.1 Å². The molecule has 0 radical (unpaired) electrons. The number of pyridine rings is 1. The van der Waals surface area contributed by atoms with Crippen molar-refractivity contribution in [3.8, 4) is 22.8 Å². The van der Waals surface area contributed by atoms with Crippen LogP contribution in [0.2, 0.25) is 0 Å². The molecule has 0 aliphatic carbocycles. The number of aromatic amines is 1. The van der Waals surface area contributed by atoms with Gasteiger partial charge in [0.25, 0.3) is 5.89 Å². The monoisotopic (exact) mass is 313 g/mol. The highest BCUT2D eigenvalue weighted by Crippen LogP contribution is 2.28. The SMILES string of the molecule is Cc1nc2nccc(-c3nc(-c4ccc(F)cc4F)no3)c2[nH]1. The Balaban J connectivity index is 1.83. The number of H-pyrrole nitrogens is 1. The van der Waals surface area contributed by atoms with E-state index in [2.05, 4.69) is 25.1 Å². The molecule has 0 bridgehead atoms. The van der Waals surface area contributed by atoms with Gasteiger partial charge in [-0.1, -0.05) is 5.16 Å². The second kappa shape index (κ2) is 4.94. The van der Waals surface area contributed by atoms with Gasteiger partial charge in [0.05, 0.1) is 16.6 Å². The van der Waals surface area contributed by atoms with Crippen LogP contribution in [0.1, 0.15) is 5.82 Å². The van der Waals surface area contributed by atoms with Gasteiger partial charge < -0.3 is 9.51 Å². The number of benzene rings is 1. The highest BCUT2D eigenvalue weighted by molar-refractivity contribution is 5.87. The molecular formula is C15H9F2N5O. The summed E-state index contributed by atoms with van der Waals surface area (Å²) in [7, 11) is 0. The molecule has 23 heavy (non-hydrogen) atoms. The molecule has 114 valence electrons. The number of hydrogen-bond donors (Lipinski definition) is 1. The van der Waals surface area contributed by atoms with Gasteiger partial charge in [0.15, 0.2) is 5.65 Å². The molecule has 4 rings (SSSR count). The van der Waals surface area contributed by atoms with E-state index >= 15 is 0 Å². The Bertz CT molecular complexity index is 1020. The van der Waals surface area contributed by atoms with Crippen molar-refractivity contribution < 1.29 is 13.3 Å². The molecule has 3 aromatic heterocycles. The summed E-state index contributed by atoms with van der Waals surface area (Å²) in [6.45, 7) is 1.80. The van der Waals surface area contributed by atoms with Gasteiger partial charge in [-0.2, -0.15) is 4.98 Å². The third kappa shape index (κ3) is 2.24. The van der Waals surface area contributed by atoms with Gasteiger partial charge in [0, 0.05) is 12.3 Å². The Labute approximate surface area is 128 Å². The van der Waals surface area contributed by atoms with Gasteiger partial charge in [-0.05, 0) is 25.1 Å². The Kier molecular flexibility index (Phi) is 2.90. The van der Waals surface area contributed by atoms with E-state index in [0.29, 0.717) is 22.6 Å². The first-order valence-electron chi connectivity index (χ1n) is 6.72. The zero-order chi connectivity index (χ0) is 16.0. The average Bonchev–Trinajstić information content (AvgIpc) is 3.12. The van der Waals surface area contributed by atoms with E-state index in [1.165, 1.54) is 6.07 Å². The summed E-state index contributed by atoms with van der Waals surface area (Å²) < 4.78 is 32.0. The average molecular weight is 313 g/mol. The Morgan fingerprint density at radius 1 is 1.09 bits per heavy atom. The van der Waals surface area contributed by atoms with E-state index in [4.69, 9.17) is 4.52 Å². The van der Waals surface area contributed by atoms with Gasteiger partial charge in [0.2, 0.25) is 5.82 Å². The summed E-state index contributed by atoms with van der Waals surface area (Å²) in [5.74, 6) is -0.490. The quantitative estimate of drug-likeness (QED) is 0.614. The standard InChI is InChI=1S/C15H9F2N5O/c1-7-19-12-10(4-5-18-14(12)20-7)15-21-13(22-23-15)9-3-2-8(16)6-11(9)17/h2-6H,1H3,(H,18,19,20). The molecule has 0 saturated carbocycles. The summed E-state index contributed by atoms with van der Waals surface area (Å²) in [5, 5.41) is 3.76. The van der Waals surface area contributed by atoms with E-state index < -0.39 is 11.6 Å². The van der Waals surface area contributed by atoms with Crippen molar-refractivity contribution in [3.63, 3.8) is 0 Å². The first kappa shape index (κ1) is 13.5. The van der Waals surface area contributed by atoms with Crippen LogP contribution in [0.5, 0.6) is 0 Å². The lowest BCUT2D eigenvalue weighted by molar-refractivity contribution is 0.432. The fourth-order valence-corrected chi connectivity index (χ4v) is 2.32. The molecule has 0 unspecified atom stereocenters. The highest BCUT2D eigenvalue weighted by Gasteiger charge is 2.17.